The van der Waals surface area contributed by atoms with Crippen LogP contribution in [0.1, 0.15) is 37.8 Å². The van der Waals surface area contributed by atoms with E-state index < -0.39 is 0 Å². The highest BCUT2D eigenvalue weighted by molar-refractivity contribution is 7.13. The first-order valence-electron chi connectivity index (χ1n) is 6.64. The quantitative estimate of drug-likeness (QED) is 0.635. The lowest BCUT2D eigenvalue weighted by molar-refractivity contribution is 0.794. The second-order valence-corrected chi connectivity index (χ2v) is 5.44. The van der Waals surface area contributed by atoms with Gasteiger partial charge >= 0.3 is 0 Å². The maximum atomic E-state index is 2.32. The van der Waals surface area contributed by atoms with E-state index in [1.807, 2.05) is 0 Å². The van der Waals surface area contributed by atoms with Crippen molar-refractivity contribution in [1.82, 2.24) is 0 Å². The second kappa shape index (κ2) is 6.55. The molecule has 0 saturated heterocycles. The molecule has 1 heteroatoms. The highest BCUT2D eigenvalue weighted by Gasteiger charge is 2.04. The van der Waals surface area contributed by atoms with Crippen molar-refractivity contribution in [2.24, 2.45) is 0 Å². The van der Waals surface area contributed by atoms with Gasteiger partial charge in [-0.05, 0) is 54.0 Å². The molecule has 0 aliphatic carbocycles. The molecule has 94 valence electrons. The monoisotopic (exact) mass is 256 g/mol. The number of benzene rings is 1. The molecular weight excluding hydrogens is 236 g/mol. The van der Waals surface area contributed by atoms with Crippen LogP contribution in [-0.4, -0.2) is 0 Å². The minimum absolute atomic E-state index is 1.18. The zero-order valence-electron chi connectivity index (χ0n) is 11.1. The standard InChI is InChI=1S/C17H20S/c1-3-5-8-14-10-11-16(13-15(14)7-4-2)17-9-6-12-18-17/h4,6-7,9-13H,3,5,8H2,1-2H3/b7-4-. The first-order chi connectivity index (χ1) is 8.85. The molecule has 18 heavy (non-hydrogen) atoms. The molecule has 0 N–H and O–H groups in total. The van der Waals surface area contributed by atoms with Gasteiger partial charge in [-0.15, -0.1) is 11.3 Å². The van der Waals surface area contributed by atoms with Gasteiger partial charge in [0.15, 0.2) is 0 Å². The third kappa shape index (κ3) is 3.11. The maximum absolute atomic E-state index is 2.32. The summed E-state index contributed by atoms with van der Waals surface area (Å²) in [4.78, 5) is 1.35. The maximum Gasteiger partial charge on any atom is 0.0342 e. The summed E-state index contributed by atoms with van der Waals surface area (Å²) in [5, 5.41) is 2.13. The smallest absolute Gasteiger partial charge is 0.0342 e. The largest absolute Gasteiger partial charge is 0.144 e. The molecular formula is C17H20S. The molecule has 0 aliphatic rings. The van der Waals surface area contributed by atoms with Crippen molar-refractivity contribution in [3.05, 3.63) is 52.9 Å². The molecule has 0 amide bonds. The average molecular weight is 256 g/mol. The van der Waals surface area contributed by atoms with Gasteiger partial charge in [-0.3, -0.25) is 0 Å². The number of unbranched alkanes of at least 4 members (excludes halogenated alkanes) is 1. The fourth-order valence-corrected chi connectivity index (χ4v) is 2.84. The van der Waals surface area contributed by atoms with Crippen LogP contribution in [0.4, 0.5) is 0 Å². The van der Waals surface area contributed by atoms with Crippen LogP contribution in [-0.2, 0) is 6.42 Å². The molecule has 0 aliphatic heterocycles. The summed E-state index contributed by atoms with van der Waals surface area (Å²) in [5.41, 5.74) is 4.17. The predicted octanol–water partition coefficient (Wildman–Crippen LogP) is 5.79. The summed E-state index contributed by atoms with van der Waals surface area (Å²) in [7, 11) is 0. The number of aryl methyl sites for hydroxylation is 1. The Morgan fingerprint density at radius 2 is 2.11 bits per heavy atom. The Balaban J connectivity index is 2.34. The minimum atomic E-state index is 1.18. The van der Waals surface area contributed by atoms with Gasteiger partial charge in [-0.1, -0.05) is 43.7 Å². The van der Waals surface area contributed by atoms with E-state index in [-0.39, 0.29) is 0 Å². The lowest BCUT2D eigenvalue weighted by atomic mass is 9.98. The third-order valence-electron chi connectivity index (χ3n) is 3.10. The molecule has 1 aromatic carbocycles. The second-order valence-electron chi connectivity index (χ2n) is 4.49. The van der Waals surface area contributed by atoms with E-state index in [2.05, 4.69) is 61.7 Å². The molecule has 0 nitrogen and oxygen atoms in total. The van der Waals surface area contributed by atoms with Crippen LogP contribution in [0.25, 0.3) is 16.5 Å². The topological polar surface area (TPSA) is 0 Å². The fraction of sp³-hybridized carbons (Fsp3) is 0.294. The number of rotatable bonds is 5. The van der Waals surface area contributed by atoms with Gasteiger partial charge in [-0.25, -0.2) is 0 Å². The molecule has 0 bridgehead atoms. The van der Waals surface area contributed by atoms with E-state index in [9.17, 15) is 0 Å². The molecule has 0 saturated carbocycles. The molecule has 0 atom stereocenters. The molecule has 1 aromatic heterocycles. The van der Waals surface area contributed by atoms with Crippen molar-refractivity contribution in [3.63, 3.8) is 0 Å². The van der Waals surface area contributed by atoms with Gasteiger partial charge in [0, 0.05) is 4.88 Å². The number of hydrogen-bond acceptors (Lipinski definition) is 1. The fourth-order valence-electron chi connectivity index (χ4n) is 2.12. The Morgan fingerprint density at radius 3 is 2.78 bits per heavy atom. The van der Waals surface area contributed by atoms with Crippen LogP contribution in [0.3, 0.4) is 0 Å². The van der Waals surface area contributed by atoms with Crippen LogP contribution in [0, 0.1) is 0 Å². The van der Waals surface area contributed by atoms with E-state index in [0.29, 0.717) is 0 Å². The van der Waals surface area contributed by atoms with E-state index in [1.54, 1.807) is 11.3 Å². The number of hydrogen-bond donors (Lipinski definition) is 0. The van der Waals surface area contributed by atoms with Crippen LogP contribution in [0.5, 0.6) is 0 Å². The van der Waals surface area contributed by atoms with Crippen molar-refractivity contribution >= 4 is 17.4 Å². The Morgan fingerprint density at radius 1 is 1.22 bits per heavy atom. The molecule has 0 unspecified atom stereocenters. The first-order valence-corrected chi connectivity index (χ1v) is 7.52. The summed E-state index contributed by atoms with van der Waals surface area (Å²) >= 11 is 1.80. The Kier molecular flexibility index (Phi) is 4.77. The van der Waals surface area contributed by atoms with Crippen LogP contribution < -0.4 is 0 Å². The van der Waals surface area contributed by atoms with E-state index in [0.717, 1.165) is 0 Å². The van der Waals surface area contributed by atoms with Gasteiger partial charge in [0.25, 0.3) is 0 Å². The van der Waals surface area contributed by atoms with Crippen molar-refractivity contribution in [1.29, 1.82) is 0 Å². The molecule has 0 radical (unpaired) electrons. The van der Waals surface area contributed by atoms with Gasteiger partial charge in [0.2, 0.25) is 0 Å². The van der Waals surface area contributed by atoms with E-state index in [1.165, 1.54) is 40.8 Å². The van der Waals surface area contributed by atoms with E-state index >= 15 is 0 Å². The summed E-state index contributed by atoms with van der Waals surface area (Å²) < 4.78 is 0. The lowest BCUT2D eigenvalue weighted by Crippen LogP contribution is -1.90. The predicted molar refractivity (Wildman–Crippen MR) is 83.1 cm³/mol. The molecule has 2 aromatic rings. The van der Waals surface area contributed by atoms with Crippen LogP contribution in [0.2, 0.25) is 0 Å². The highest BCUT2D eigenvalue weighted by atomic mass is 32.1. The zero-order valence-corrected chi connectivity index (χ0v) is 12.0. The Hall–Kier alpha value is -1.34. The van der Waals surface area contributed by atoms with Gasteiger partial charge in [0.05, 0.1) is 0 Å². The van der Waals surface area contributed by atoms with E-state index in [4.69, 9.17) is 0 Å². The summed E-state index contributed by atoms with van der Waals surface area (Å²) in [6, 6.07) is 11.2. The normalized spacial score (nSPS) is 11.2. The van der Waals surface area contributed by atoms with Crippen LogP contribution in [0.15, 0.2) is 41.8 Å². The molecule has 2 rings (SSSR count). The highest BCUT2D eigenvalue weighted by Crippen LogP contribution is 2.27. The third-order valence-corrected chi connectivity index (χ3v) is 4.02. The van der Waals surface area contributed by atoms with Crippen molar-refractivity contribution in [3.8, 4) is 10.4 Å². The van der Waals surface area contributed by atoms with Gasteiger partial charge in [0.1, 0.15) is 0 Å². The van der Waals surface area contributed by atoms with Gasteiger partial charge in [-0.2, -0.15) is 0 Å². The molecule has 1 heterocycles. The average Bonchev–Trinajstić information content (AvgIpc) is 2.91. The summed E-state index contributed by atoms with van der Waals surface area (Å²) in [6.07, 6.45) is 8.05. The SMILES string of the molecule is C/C=C\c1cc(-c2cccs2)ccc1CCCC. The Labute approximate surface area is 114 Å². The summed E-state index contributed by atoms with van der Waals surface area (Å²) in [6.45, 7) is 4.33. The van der Waals surface area contributed by atoms with Crippen LogP contribution >= 0.6 is 11.3 Å². The van der Waals surface area contributed by atoms with Crippen molar-refractivity contribution in [2.75, 3.05) is 0 Å². The number of thiophene rings is 1. The zero-order chi connectivity index (χ0) is 12.8. The lowest BCUT2D eigenvalue weighted by Gasteiger charge is -2.08. The van der Waals surface area contributed by atoms with Crippen molar-refractivity contribution in [2.45, 2.75) is 33.1 Å². The van der Waals surface area contributed by atoms with Crippen molar-refractivity contribution < 1.29 is 0 Å². The minimum Gasteiger partial charge on any atom is -0.144 e. The molecule has 0 spiro atoms. The Bertz CT molecular complexity index is 506. The first kappa shape index (κ1) is 13.1. The molecule has 0 fully saturated rings. The number of allylic oxidation sites excluding steroid dienone is 1. The van der Waals surface area contributed by atoms with Gasteiger partial charge < -0.3 is 0 Å². The summed E-state index contributed by atoms with van der Waals surface area (Å²) in [5.74, 6) is 0.